The number of halogens is 2. The zero-order chi connectivity index (χ0) is 18.4. The van der Waals surface area contributed by atoms with Crippen LogP contribution in [0.4, 0.5) is 5.69 Å². The minimum Gasteiger partial charge on any atom is -0.326 e. The van der Waals surface area contributed by atoms with Crippen LogP contribution >= 0.6 is 38.5 Å². The van der Waals surface area contributed by atoms with Gasteiger partial charge in [0.15, 0.2) is 0 Å². The molecule has 0 saturated carbocycles. The summed E-state index contributed by atoms with van der Waals surface area (Å²) in [6.07, 6.45) is 0.0997. The van der Waals surface area contributed by atoms with Gasteiger partial charge in [0.25, 0.3) is 5.91 Å². The number of carbonyl (C=O) groups is 2. The molecule has 0 fully saturated rings. The van der Waals surface area contributed by atoms with Crippen LogP contribution in [0.2, 0.25) is 0 Å². The normalized spacial score (nSPS) is 11.1. The molecule has 25 heavy (non-hydrogen) atoms. The first-order valence-electron chi connectivity index (χ1n) is 7.50. The Bertz CT molecular complexity index is 820. The van der Waals surface area contributed by atoms with Gasteiger partial charge in [-0.15, -0.1) is 0 Å². The van der Waals surface area contributed by atoms with Crippen LogP contribution in [0.15, 0.2) is 52.0 Å². The van der Waals surface area contributed by atoms with E-state index in [1.54, 1.807) is 19.1 Å². The maximum atomic E-state index is 12.1. The minimum absolute atomic E-state index is 0.0997. The summed E-state index contributed by atoms with van der Waals surface area (Å²) in [6.45, 7) is 3.62. The Morgan fingerprint density at radius 3 is 2.48 bits per heavy atom. The van der Waals surface area contributed by atoms with Crippen LogP contribution in [0.25, 0.3) is 0 Å². The average molecular weight is 514 g/mol. The lowest BCUT2D eigenvalue weighted by Gasteiger charge is -2.09. The van der Waals surface area contributed by atoms with E-state index < -0.39 is 0 Å². The number of hydrogen-bond donors (Lipinski definition) is 2. The number of rotatable bonds is 5. The van der Waals surface area contributed by atoms with Gasteiger partial charge in [0, 0.05) is 25.0 Å². The predicted molar refractivity (Wildman–Crippen MR) is 112 cm³/mol. The molecule has 2 amide bonds. The molecular formula is C18H17BrIN3O2. The van der Waals surface area contributed by atoms with E-state index in [9.17, 15) is 9.59 Å². The Balaban J connectivity index is 1.90. The molecule has 130 valence electrons. The second-order valence-electron chi connectivity index (χ2n) is 5.48. The molecule has 0 saturated heterocycles. The lowest BCUT2D eigenvalue weighted by molar-refractivity contribution is -0.115. The molecule has 0 heterocycles. The van der Waals surface area contributed by atoms with Crippen LogP contribution in [-0.2, 0) is 4.79 Å². The Hall–Kier alpha value is -1.74. The highest BCUT2D eigenvalue weighted by atomic mass is 127. The molecule has 0 bridgehead atoms. The number of benzene rings is 2. The molecule has 0 atom stereocenters. The topological polar surface area (TPSA) is 70.6 Å². The Morgan fingerprint density at radius 1 is 1.16 bits per heavy atom. The van der Waals surface area contributed by atoms with E-state index in [0.717, 1.165) is 19.3 Å². The van der Waals surface area contributed by atoms with E-state index in [1.807, 2.05) is 37.3 Å². The van der Waals surface area contributed by atoms with Crippen molar-refractivity contribution in [3.05, 3.63) is 61.6 Å². The van der Waals surface area contributed by atoms with Gasteiger partial charge in [-0.3, -0.25) is 9.59 Å². The van der Waals surface area contributed by atoms with E-state index in [-0.39, 0.29) is 18.2 Å². The third-order valence-corrected chi connectivity index (χ3v) is 4.55. The van der Waals surface area contributed by atoms with Gasteiger partial charge in [-0.2, -0.15) is 5.10 Å². The van der Waals surface area contributed by atoms with Gasteiger partial charge in [0.1, 0.15) is 0 Å². The number of hydrazone groups is 1. The Kier molecular flexibility index (Phi) is 7.12. The number of nitrogens with one attached hydrogen (secondary N) is 2. The molecule has 0 aliphatic heterocycles. The van der Waals surface area contributed by atoms with Gasteiger partial charge < -0.3 is 5.32 Å². The third-order valence-electron chi connectivity index (χ3n) is 3.33. The molecule has 5 nitrogen and oxygen atoms in total. The van der Waals surface area contributed by atoms with Crippen LogP contribution in [0.5, 0.6) is 0 Å². The number of hydrogen-bond acceptors (Lipinski definition) is 3. The van der Waals surface area contributed by atoms with Gasteiger partial charge in [-0.25, -0.2) is 5.43 Å². The van der Waals surface area contributed by atoms with Crippen LogP contribution < -0.4 is 10.7 Å². The molecule has 2 rings (SSSR count). The maximum Gasteiger partial charge on any atom is 0.271 e. The predicted octanol–water partition coefficient (Wildman–Crippen LogP) is 4.50. The molecule has 2 N–H and O–H groups in total. The van der Waals surface area contributed by atoms with Gasteiger partial charge in [0.2, 0.25) is 5.91 Å². The first-order chi connectivity index (χ1) is 11.8. The molecule has 0 aliphatic carbocycles. The number of aryl methyl sites for hydroxylation is 1. The first kappa shape index (κ1) is 19.6. The fourth-order valence-corrected chi connectivity index (χ4v) is 2.88. The fraction of sp³-hybridized carbons (Fsp3) is 0.167. The second-order valence-corrected chi connectivity index (χ2v) is 7.64. The average Bonchev–Trinajstić information content (AvgIpc) is 2.56. The molecule has 0 aromatic heterocycles. The zero-order valence-corrected chi connectivity index (χ0v) is 17.5. The van der Waals surface area contributed by atoms with Crippen molar-refractivity contribution in [2.24, 2.45) is 5.10 Å². The molecule has 2 aromatic rings. The van der Waals surface area contributed by atoms with Crippen LogP contribution in [0.3, 0.4) is 0 Å². The van der Waals surface area contributed by atoms with Crippen molar-refractivity contribution in [1.82, 2.24) is 5.43 Å². The Morgan fingerprint density at radius 2 is 1.84 bits per heavy atom. The molecule has 0 aliphatic rings. The number of anilines is 1. The van der Waals surface area contributed by atoms with Crippen molar-refractivity contribution in [2.45, 2.75) is 20.3 Å². The summed E-state index contributed by atoms with van der Waals surface area (Å²) in [5.74, 6) is -0.491. The van der Waals surface area contributed by atoms with Crippen molar-refractivity contribution < 1.29 is 9.59 Å². The van der Waals surface area contributed by atoms with E-state index in [2.05, 4.69) is 54.4 Å². The molecule has 0 unspecified atom stereocenters. The fourth-order valence-electron chi connectivity index (χ4n) is 2.05. The van der Waals surface area contributed by atoms with E-state index in [0.29, 0.717) is 11.3 Å². The number of amides is 2. The lowest BCUT2D eigenvalue weighted by Crippen LogP contribution is -2.21. The summed E-state index contributed by atoms with van der Waals surface area (Å²) in [4.78, 5) is 24.1. The quantitative estimate of drug-likeness (QED) is 0.351. The van der Waals surface area contributed by atoms with Crippen molar-refractivity contribution in [2.75, 3.05) is 5.32 Å². The second kappa shape index (κ2) is 9.10. The van der Waals surface area contributed by atoms with Gasteiger partial charge in [0.05, 0.1) is 6.42 Å². The standard InChI is InChI=1S/C18H17BrIN3O2/c1-11-9-14(19)5-8-16(11)21-17(24)10-12(2)22-23-18(25)13-3-6-15(20)7-4-13/h3-9H,10H2,1-2H3,(H,21,24)(H,23,25)/b22-12+. The molecule has 0 radical (unpaired) electrons. The van der Waals surface area contributed by atoms with Crippen molar-refractivity contribution >= 4 is 61.7 Å². The zero-order valence-electron chi connectivity index (χ0n) is 13.8. The van der Waals surface area contributed by atoms with Gasteiger partial charge in [-0.05, 0) is 84.5 Å². The highest BCUT2D eigenvalue weighted by Gasteiger charge is 2.08. The van der Waals surface area contributed by atoms with Crippen LogP contribution in [-0.4, -0.2) is 17.5 Å². The number of nitrogens with zero attached hydrogens (tertiary/aromatic N) is 1. The number of carbonyl (C=O) groups excluding carboxylic acids is 2. The summed E-state index contributed by atoms with van der Waals surface area (Å²) in [7, 11) is 0. The van der Waals surface area contributed by atoms with Crippen molar-refractivity contribution in [1.29, 1.82) is 0 Å². The highest BCUT2D eigenvalue weighted by Crippen LogP contribution is 2.20. The summed E-state index contributed by atoms with van der Waals surface area (Å²) in [5.41, 5.74) is 5.22. The van der Waals surface area contributed by atoms with Crippen molar-refractivity contribution in [3.8, 4) is 0 Å². The molecular weight excluding hydrogens is 497 g/mol. The summed E-state index contributed by atoms with van der Waals surface area (Å²) in [5, 5.41) is 6.83. The van der Waals surface area contributed by atoms with Crippen molar-refractivity contribution in [3.63, 3.8) is 0 Å². The van der Waals surface area contributed by atoms with Gasteiger partial charge >= 0.3 is 0 Å². The molecule has 2 aromatic carbocycles. The van der Waals surface area contributed by atoms with E-state index in [1.165, 1.54) is 0 Å². The largest absolute Gasteiger partial charge is 0.326 e. The SMILES string of the molecule is C/C(CC(=O)Nc1ccc(Br)cc1C)=N\NC(=O)c1ccc(I)cc1. The smallest absolute Gasteiger partial charge is 0.271 e. The summed E-state index contributed by atoms with van der Waals surface area (Å²) < 4.78 is 2.01. The summed E-state index contributed by atoms with van der Waals surface area (Å²) in [6, 6.07) is 12.8. The van der Waals surface area contributed by atoms with E-state index >= 15 is 0 Å². The van der Waals surface area contributed by atoms with Gasteiger partial charge in [-0.1, -0.05) is 15.9 Å². The van der Waals surface area contributed by atoms with E-state index in [4.69, 9.17) is 0 Å². The highest BCUT2D eigenvalue weighted by molar-refractivity contribution is 14.1. The minimum atomic E-state index is -0.306. The van der Waals surface area contributed by atoms with Crippen LogP contribution in [0, 0.1) is 10.5 Å². The van der Waals surface area contributed by atoms with Crippen LogP contribution in [0.1, 0.15) is 29.3 Å². The third kappa shape index (κ3) is 6.24. The first-order valence-corrected chi connectivity index (χ1v) is 9.37. The maximum absolute atomic E-state index is 12.1. The summed E-state index contributed by atoms with van der Waals surface area (Å²) >= 11 is 5.56. The molecule has 7 heteroatoms. The Labute approximate surface area is 168 Å². The monoisotopic (exact) mass is 513 g/mol. The molecule has 0 spiro atoms. The lowest BCUT2D eigenvalue weighted by atomic mass is 10.2.